The number of oxazole rings is 1. The fraction of sp³-hybridized carbons (Fsp3) is 0.100. The number of carbonyl (C=O) groups excluding carboxylic acids is 3. The van der Waals surface area contributed by atoms with E-state index in [1.54, 1.807) is 24.4 Å². The van der Waals surface area contributed by atoms with E-state index in [1.807, 2.05) is 36.5 Å². The normalized spacial score (nSPS) is 10.3. The van der Waals surface area contributed by atoms with Crippen molar-refractivity contribution in [2.24, 2.45) is 5.73 Å². The zero-order valence-electron chi connectivity index (χ0n) is 15.0. The Balaban J connectivity index is 1.80. The summed E-state index contributed by atoms with van der Waals surface area (Å²) < 4.78 is 10.7. The zero-order chi connectivity index (χ0) is 20.1. The van der Waals surface area contributed by atoms with Gasteiger partial charge in [0, 0.05) is 5.56 Å². The molecule has 0 atom stereocenters. The fourth-order valence-electron chi connectivity index (χ4n) is 2.48. The molecule has 0 saturated heterocycles. The van der Waals surface area contributed by atoms with Crippen molar-refractivity contribution in [3.63, 3.8) is 0 Å². The first-order valence-electron chi connectivity index (χ1n) is 8.32. The summed E-state index contributed by atoms with van der Waals surface area (Å²) in [4.78, 5) is 38.6. The summed E-state index contributed by atoms with van der Waals surface area (Å²) in [6.45, 7) is 1.34. The van der Waals surface area contributed by atoms with Gasteiger partial charge in [0.15, 0.2) is 12.4 Å². The van der Waals surface area contributed by atoms with Gasteiger partial charge in [-0.2, -0.15) is 0 Å². The highest BCUT2D eigenvalue weighted by atomic mass is 16.5. The number of nitrogens with two attached hydrogens (primary N) is 1. The molecule has 8 nitrogen and oxygen atoms in total. The molecule has 142 valence electrons. The van der Waals surface area contributed by atoms with Gasteiger partial charge in [0.25, 0.3) is 5.91 Å². The SMILES string of the molecule is Cc1ccc(-c2cnc(-c3ccccc3C(=O)OCC(=O)NC(N)=O)o2)cc1. The van der Waals surface area contributed by atoms with Crippen LogP contribution in [0, 0.1) is 6.92 Å². The van der Waals surface area contributed by atoms with Crippen molar-refractivity contribution in [3.05, 3.63) is 65.9 Å². The maximum absolute atomic E-state index is 12.4. The number of imide groups is 1. The third kappa shape index (κ3) is 4.42. The van der Waals surface area contributed by atoms with Gasteiger partial charge >= 0.3 is 12.0 Å². The maximum Gasteiger partial charge on any atom is 0.339 e. The minimum Gasteiger partial charge on any atom is -0.452 e. The lowest BCUT2D eigenvalue weighted by atomic mass is 10.1. The number of ether oxygens (including phenoxy) is 1. The summed E-state index contributed by atoms with van der Waals surface area (Å²) in [5, 5.41) is 1.81. The van der Waals surface area contributed by atoms with Crippen molar-refractivity contribution in [2.45, 2.75) is 6.92 Å². The van der Waals surface area contributed by atoms with E-state index in [0.717, 1.165) is 11.1 Å². The van der Waals surface area contributed by atoms with E-state index in [4.69, 9.17) is 14.9 Å². The minimum atomic E-state index is -1.02. The molecule has 0 bridgehead atoms. The van der Waals surface area contributed by atoms with Gasteiger partial charge < -0.3 is 14.9 Å². The van der Waals surface area contributed by atoms with E-state index in [9.17, 15) is 14.4 Å². The number of carbonyl (C=O) groups is 3. The van der Waals surface area contributed by atoms with Gasteiger partial charge in [-0.25, -0.2) is 14.6 Å². The second-order valence-corrected chi connectivity index (χ2v) is 5.93. The minimum absolute atomic E-state index is 0.173. The lowest BCUT2D eigenvalue weighted by Crippen LogP contribution is -2.37. The summed E-state index contributed by atoms with van der Waals surface area (Å²) in [7, 11) is 0. The van der Waals surface area contributed by atoms with E-state index in [2.05, 4.69) is 4.98 Å². The largest absolute Gasteiger partial charge is 0.452 e. The number of urea groups is 1. The van der Waals surface area contributed by atoms with Crippen LogP contribution in [0.25, 0.3) is 22.8 Å². The average molecular weight is 379 g/mol. The van der Waals surface area contributed by atoms with E-state index in [-0.39, 0.29) is 11.5 Å². The molecule has 28 heavy (non-hydrogen) atoms. The molecule has 3 rings (SSSR count). The van der Waals surface area contributed by atoms with Crippen molar-refractivity contribution >= 4 is 17.9 Å². The van der Waals surface area contributed by atoms with Gasteiger partial charge in [0.05, 0.1) is 17.3 Å². The molecule has 8 heteroatoms. The fourth-order valence-corrected chi connectivity index (χ4v) is 2.48. The van der Waals surface area contributed by atoms with Gasteiger partial charge in [-0.15, -0.1) is 0 Å². The Hall–Kier alpha value is -3.94. The van der Waals surface area contributed by atoms with Gasteiger partial charge in [0.2, 0.25) is 5.89 Å². The third-order valence-electron chi connectivity index (χ3n) is 3.82. The van der Waals surface area contributed by atoms with Crippen LogP contribution in [0.15, 0.2) is 59.1 Å². The molecule has 0 radical (unpaired) electrons. The molecule has 0 aliphatic rings. The summed E-state index contributed by atoms with van der Waals surface area (Å²) in [6.07, 6.45) is 1.57. The first-order chi connectivity index (χ1) is 13.4. The maximum atomic E-state index is 12.4. The standard InChI is InChI=1S/C20H17N3O5/c1-12-6-8-13(9-7-12)16-10-22-18(28-16)14-4-2-3-5-15(14)19(25)27-11-17(24)23-20(21)26/h2-10H,11H2,1H3,(H3,21,23,24,26). The van der Waals surface area contributed by atoms with Crippen LogP contribution >= 0.6 is 0 Å². The number of hydrogen-bond acceptors (Lipinski definition) is 6. The molecule has 0 unspecified atom stereocenters. The summed E-state index contributed by atoms with van der Waals surface area (Å²) in [5.41, 5.74) is 7.40. The van der Waals surface area contributed by atoms with Crippen LogP contribution in [0.4, 0.5) is 4.79 Å². The zero-order valence-corrected chi connectivity index (χ0v) is 15.0. The Morgan fingerprint density at radius 2 is 1.82 bits per heavy atom. The van der Waals surface area contributed by atoms with Crippen LogP contribution in [-0.2, 0) is 9.53 Å². The Morgan fingerprint density at radius 3 is 2.54 bits per heavy atom. The Bertz CT molecular complexity index is 1020. The quantitative estimate of drug-likeness (QED) is 0.657. The highest BCUT2D eigenvalue weighted by molar-refractivity contribution is 5.99. The lowest BCUT2D eigenvalue weighted by Gasteiger charge is -2.07. The van der Waals surface area contributed by atoms with Crippen LogP contribution in [0.5, 0.6) is 0 Å². The van der Waals surface area contributed by atoms with Crippen molar-refractivity contribution < 1.29 is 23.5 Å². The van der Waals surface area contributed by atoms with E-state index < -0.39 is 24.5 Å². The predicted molar refractivity (Wildman–Crippen MR) is 100 cm³/mol. The van der Waals surface area contributed by atoms with Gasteiger partial charge in [-0.1, -0.05) is 42.0 Å². The van der Waals surface area contributed by atoms with E-state index >= 15 is 0 Å². The molecule has 3 amide bonds. The van der Waals surface area contributed by atoms with Crippen LogP contribution in [0.1, 0.15) is 15.9 Å². The number of primary amides is 1. The van der Waals surface area contributed by atoms with Crippen molar-refractivity contribution in [2.75, 3.05) is 6.61 Å². The molecule has 0 spiro atoms. The number of nitrogens with zero attached hydrogens (tertiary/aromatic N) is 1. The van der Waals surface area contributed by atoms with Crippen LogP contribution in [0.3, 0.4) is 0 Å². The lowest BCUT2D eigenvalue weighted by molar-refractivity contribution is -0.123. The second-order valence-electron chi connectivity index (χ2n) is 5.93. The van der Waals surface area contributed by atoms with Crippen molar-refractivity contribution in [1.82, 2.24) is 10.3 Å². The molecule has 0 aliphatic carbocycles. The first-order valence-corrected chi connectivity index (χ1v) is 8.32. The van der Waals surface area contributed by atoms with Crippen molar-refractivity contribution in [3.8, 4) is 22.8 Å². The molecule has 3 N–H and O–H groups in total. The number of aromatic nitrogens is 1. The first kappa shape index (κ1) is 18.8. The van der Waals surface area contributed by atoms with Gasteiger partial charge in [-0.3, -0.25) is 10.1 Å². The highest BCUT2D eigenvalue weighted by Gasteiger charge is 2.19. The van der Waals surface area contributed by atoms with Crippen LogP contribution in [0.2, 0.25) is 0 Å². The highest BCUT2D eigenvalue weighted by Crippen LogP contribution is 2.28. The third-order valence-corrected chi connectivity index (χ3v) is 3.82. The predicted octanol–water partition coefficient (Wildman–Crippen LogP) is 2.67. The number of aryl methyl sites for hydroxylation is 1. The van der Waals surface area contributed by atoms with Crippen LogP contribution in [-0.4, -0.2) is 29.5 Å². The Kier molecular flexibility index (Phi) is 5.50. The molecule has 1 aromatic heterocycles. The van der Waals surface area contributed by atoms with Crippen molar-refractivity contribution in [1.29, 1.82) is 0 Å². The summed E-state index contributed by atoms with van der Waals surface area (Å²) in [6, 6.07) is 13.3. The second kappa shape index (κ2) is 8.17. The molecule has 2 aromatic carbocycles. The molecule has 0 saturated carbocycles. The molecule has 0 aliphatic heterocycles. The van der Waals surface area contributed by atoms with Gasteiger partial charge in [0.1, 0.15) is 0 Å². The molecular formula is C20H17N3O5. The topological polar surface area (TPSA) is 125 Å². The number of benzene rings is 2. The summed E-state index contributed by atoms with van der Waals surface area (Å²) in [5.74, 6) is -0.787. The molecule has 0 fully saturated rings. The Morgan fingerprint density at radius 1 is 1.11 bits per heavy atom. The Labute approximate surface area is 160 Å². The number of hydrogen-bond donors (Lipinski definition) is 2. The van der Waals surface area contributed by atoms with E-state index in [0.29, 0.717) is 11.3 Å². The monoisotopic (exact) mass is 379 g/mol. The van der Waals surface area contributed by atoms with Crippen LogP contribution < -0.4 is 11.1 Å². The smallest absolute Gasteiger partial charge is 0.339 e. The molecule has 3 aromatic rings. The average Bonchev–Trinajstić information content (AvgIpc) is 3.16. The number of rotatable bonds is 5. The number of esters is 1. The summed E-state index contributed by atoms with van der Waals surface area (Å²) >= 11 is 0. The van der Waals surface area contributed by atoms with E-state index in [1.165, 1.54) is 6.07 Å². The number of amides is 3. The molecule has 1 heterocycles. The van der Waals surface area contributed by atoms with Gasteiger partial charge in [-0.05, 0) is 19.1 Å². The molecular weight excluding hydrogens is 362 g/mol. The number of nitrogens with one attached hydrogen (secondary N) is 1.